The minimum absolute atomic E-state index is 0.00327. The predicted molar refractivity (Wildman–Crippen MR) is 135 cm³/mol. The maximum Gasteiger partial charge on any atom is 0.303 e. The quantitative estimate of drug-likeness (QED) is 0.0852. The van der Waals surface area contributed by atoms with Crippen molar-refractivity contribution in [3.63, 3.8) is 0 Å². The molecule has 0 aliphatic carbocycles. The number of carboxylic acid groups (broad SMARTS) is 1. The Bertz CT molecular complexity index is 658. The van der Waals surface area contributed by atoms with E-state index < -0.39 is 35.8 Å². The summed E-state index contributed by atoms with van der Waals surface area (Å²) in [6, 6.07) is -1.49. The van der Waals surface area contributed by atoms with Crippen molar-refractivity contribution in [2.24, 2.45) is 5.73 Å². The van der Waals surface area contributed by atoms with Crippen LogP contribution in [-0.4, -0.2) is 72.2 Å². The number of aliphatic hydroxyl groups is 1. The summed E-state index contributed by atoms with van der Waals surface area (Å²) in [5, 5.41) is 29.2. The molecule has 2 atom stereocenters. The third kappa shape index (κ3) is 19.3. The fourth-order valence-corrected chi connectivity index (χ4v) is 3.25. The molecule has 0 aromatic rings. The van der Waals surface area contributed by atoms with E-state index in [4.69, 9.17) is 10.8 Å². The monoisotopic (exact) mass is 499 g/mol. The Balaban J connectivity index is 3.97. The van der Waals surface area contributed by atoms with Gasteiger partial charge in [-0.25, -0.2) is 0 Å². The van der Waals surface area contributed by atoms with E-state index in [2.05, 4.69) is 34.8 Å². The first-order chi connectivity index (χ1) is 16.7. The van der Waals surface area contributed by atoms with Gasteiger partial charge in [0.15, 0.2) is 0 Å². The van der Waals surface area contributed by atoms with Crippen LogP contribution in [-0.2, 0) is 19.2 Å². The van der Waals surface area contributed by atoms with Gasteiger partial charge in [0.05, 0.1) is 18.6 Å². The number of aliphatic carboxylic acids is 1. The number of carbonyl (C=O) groups is 4. The molecule has 0 saturated carbocycles. The highest BCUT2D eigenvalue weighted by molar-refractivity contribution is 5.87. The number of nitrogens with one attached hydrogen (secondary N) is 4. The second-order valence-electron chi connectivity index (χ2n) is 8.63. The molecule has 0 aromatic carbocycles. The second-order valence-corrected chi connectivity index (χ2v) is 8.63. The summed E-state index contributed by atoms with van der Waals surface area (Å²) in [5.74, 6) is -2.51. The minimum atomic E-state index is -0.989. The summed E-state index contributed by atoms with van der Waals surface area (Å²) >= 11 is 0. The summed E-state index contributed by atoms with van der Waals surface area (Å²) in [4.78, 5) is 46.4. The third-order valence-electron chi connectivity index (χ3n) is 5.39. The van der Waals surface area contributed by atoms with Crippen molar-refractivity contribution in [3.8, 4) is 0 Å². The molecule has 35 heavy (non-hydrogen) atoms. The summed E-state index contributed by atoms with van der Waals surface area (Å²) in [6.45, 7) is 7.02. The first kappa shape index (κ1) is 32.3. The van der Waals surface area contributed by atoms with Crippen molar-refractivity contribution in [3.05, 3.63) is 12.3 Å². The summed E-state index contributed by atoms with van der Waals surface area (Å²) in [7, 11) is 0. The minimum Gasteiger partial charge on any atom is -0.511 e. The first-order valence-electron chi connectivity index (χ1n) is 12.6. The topological polar surface area (TPSA) is 183 Å². The van der Waals surface area contributed by atoms with Crippen LogP contribution in [0.5, 0.6) is 0 Å². The normalized spacial score (nSPS) is 12.4. The molecule has 0 spiro atoms. The van der Waals surface area contributed by atoms with Crippen LogP contribution in [0.3, 0.4) is 0 Å². The van der Waals surface area contributed by atoms with Crippen LogP contribution in [0.4, 0.5) is 0 Å². The van der Waals surface area contributed by atoms with Gasteiger partial charge in [-0.3, -0.25) is 19.2 Å². The van der Waals surface area contributed by atoms with Crippen molar-refractivity contribution in [1.29, 1.82) is 0 Å². The van der Waals surface area contributed by atoms with Crippen molar-refractivity contribution in [2.75, 3.05) is 26.2 Å². The molecule has 8 N–H and O–H groups in total. The van der Waals surface area contributed by atoms with Gasteiger partial charge in [0.1, 0.15) is 5.76 Å². The van der Waals surface area contributed by atoms with Gasteiger partial charge in [-0.2, -0.15) is 0 Å². The lowest BCUT2D eigenvalue weighted by Gasteiger charge is -2.18. The highest BCUT2D eigenvalue weighted by Gasteiger charge is 2.17. The Hall–Kier alpha value is -2.66. The predicted octanol–water partition coefficient (Wildman–Crippen LogP) is 1.09. The molecule has 0 fully saturated rings. The van der Waals surface area contributed by atoms with Crippen LogP contribution in [0, 0.1) is 0 Å². The molecular formula is C24H45N5O6. The average Bonchev–Trinajstić information content (AvgIpc) is 2.80. The van der Waals surface area contributed by atoms with Crippen LogP contribution in [0.25, 0.3) is 0 Å². The second kappa shape index (κ2) is 20.7. The number of nitrogens with two attached hydrogens (primary N) is 1. The Kier molecular flexibility index (Phi) is 19.1. The lowest BCUT2D eigenvalue weighted by Crippen LogP contribution is -2.46. The molecule has 0 aliphatic heterocycles. The lowest BCUT2D eigenvalue weighted by molar-refractivity contribution is -0.137. The molecule has 202 valence electrons. The molecule has 0 aliphatic rings. The molecule has 1 unspecified atom stereocenters. The van der Waals surface area contributed by atoms with Gasteiger partial charge in [0.2, 0.25) is 17.7 Å². The highest BCUT2D eigenvalue weighted by atomic mass is 16.4. The van der Waals surface area contributed by atoms with Crippen molar-refractivity contribution >= 4 is 23.7 Å². The number of unbranched alkanes of at least 4 members (excludes halogenated alkanes) is 5. The van der Waals surface area contributed by atoms with Gasteiger partial charge < -0.3 is 37.2 Å². The van der Waals surface area contributed by atoms with E-state index >= 15 is 0 Å². The zero-order chi connectivity index (χ0) is 26.5. The molecule has 0 saturated heterocycles. The SMILES string of the molecule is C=C(O)C(CCNC(=O)CNC(=O)[C@@H](N)CCNCCCCCCCC)NC(=O)CCCC(=O)O. The molecule has 0 heterocycles. The Morgan fingerprint density at radius 1 is 0.829 bits per heavy atom. The number of hydrogen-bond donors (Lipinski definition) is 7. The van der Waals surface area contributed by atoms with Gasteiger partial charge in [0, 0.05) is 19.4 Å². The Morgan fingerprint density at radius 3 is 2.17 bits per heavy atom. The maximum atomic E-state index is 12.1. The molecular weight excluding hydrogens is 454 g/mol. The number of carbonyl (C=O) groups excluding carboxylic acids is 3. The van der Waals surface area contributed by atoms with Gasteiger partial charge in [0.25, 0.3) is 0 Å². The van der Waals surface area contributed by atoms with Gasteiger partial charge in [-0.15, -0.1) is 0 Å². The van der Waals surface area contributed by atoms with Crippen LogP contribution in [0.1, 0.15) is 77.6 Å². The first-order valence-corrected chi connectivity index (χ1v) is 12.6. The smallest absolute Gasteiger partial charge is 0.303 e. The van der Waals surface area contributed by atoms with E-state index in [0.717, 1.165) is 13.0 Å². The van der Waals surface area contributed by atoms with E-state index in [1.54, 1.807) is 0 Å². The van der Waals surface area contributed by atoms with Crippen LogP contribution in [0.2, 0.25) is 0 Å². The fourth-order valence-electron chi connectivity index (χ4n) is 3.25. The van der Waals surface area contributed by atoms with Crippen molar-refractivity contribution in [2.45, 2.75) is 89.6 Å². The van der Waals surface area contributed by atoms with Crippen molar-refractivity contribution < 1.29 is 29.4 Å². The average molecular weight is 500 g/mol. The maximum absolute atomic E-state index is 12.1. The standard InChI is InChI=1S/C24H45N5O6/c1-3-4-5-6-7-8-14-26-15-12-19(25)24(35)28-17-22(32)27-16-13-20(18(2)30)29-21(31)10-9-11-23(33)34/h19-20,26,30H,2-17,25H2,1H3,(H,27,32)(H,28,35)(H,29,31)(H,33,34)/t19-,20?/m0/s1. The van der Waals surface area contributed by atoms with Crippen LogP contribution in [0.15, 0.2) is 12.3 Å². The number of carboxylic acids is 1. The van der Waals surface area contributed by atoms with Crippen LogP contribution >= 0.6 is 0 Å². The van der Waals surface area contributed by atoms with Gasteiger partial charge >= 0.3 is 5.97 Å². The number of amides is 3. The van der Waals surface area contributed by atoms with Gasteiger partial charge in [-0.1, -0.05) is 45.6 Å². The molecule has 0 rings (SSSR count). The highest BCUT2D eigenvalue weighted by Crippen LogP contribution is 2.04. The van der Waals surface area contributed by atoms with E-state index in [1.165, 1.54) is 32.1 Å². The lowest BCUT2D eigenvalue weighted by atomic mass is 10.1. The molecule has 11 nitrogen and oxygen atoms in total. The van der Waals surface area contributed by atoms with E-state index in [-0.39, 0.29) is 44.5 Å². The number of rotatable bonds is 22. The summed E-state index contributed by atoms with van der Waals surface area (Å²) < 4.78 is 0. The molecule has 0 radical (unpaired) electrons. The Labute approximate surface area is 208 Å². The van der Waals surface area contributed by atoms with E-state index in [1.807, 2.05) is 0 Å². The third-order valence-corrected chi connectivity index (χ3v) is 5.39. The van der Waals surface area contributed by atoms with E-state index in [0.29, 0.717) is 13.0 Å². The largest absolute Gasteiger partial charge is 0.511 e. The zero-order valence-electron chi connectivity index (χ0n) is 21.1. The molecule has 11 heteroatoms. The number of aliphatic hydroxyl groups excluding tert-OH is 1. The molecule has 3 amide bonds. The molecule has 0 aromatic heterocycles. The van der Waals surface area contributed by atoms with Gasteiger partial charge in [-0.05, 0) is 38.8 Å². The summed E-state index contributed by atoms with van der Waals surface area (Å²) in [5.41, 5.74) is 5.88. The van der Waals surface area contributed by atoms with Crippen molar-refractivity contribution in [1.82, 2.24) is 21.3 Å². The zero-order valence-corrected chi connectivity index (χ0v) is 21.1. The Morgan fingerprint density at radius 2 is 1.51 bits per heavy atom. The summed E-state index contributed by atoms with van der Waals surface area (Å²) in [6.07, 6.45) is 8.05. The molecule has 0 bridgehead atoms. The van der Waals surface area contributed by atoms with Crippen LogP contribution < -0.4 is 27.0 Å². The fraction of sp³-hybridized carbons (Fsp3) is 0.750. The number of hydrogen-bond acceptors (Lipinski definition) is 7. The van der Waals surface area contributed by atoms with E-state index in [9.17, 15) is 24.3 Å².